The Labute approximate surface area is 145 Å². The molecule has 4 nitrogen and oxygen atoms in total. The molecule has 122 valence electrons. The molecule has 1 amide bonds. The summed E-state index contributed by atoms with van der Waals surface area (Å²) in [5.41, 5.74) is 1.23. The van der Waals surface area contributed by atoms with Crippen molar-refractivity contribution in [3.05, 3.63) is 57.6 Å². The lowest BCUT2D eigenvalue weighted by atomic mass is 10.1. The summed E-state index contributed by atoms with van der Waals surface area (Å²) in [5, 5.41) is 3.74. The summed E-state index contributed by atoms with van der Waals surface area (Å²) in [5.74, 6) is 0.578. The van der Waals surface area contributed by atoms with Gasteiger partial charge in [-0.15, -0.1) is 0 Å². The minimum absolute atomic E-state index is 0.270. The van der Waals surface area contributed by atoms with Crippen LogP contribution in [0.3, 0.4) is 0 Å². The maximum Gasteiger partial charge on any atom is 0.251 e. The van der Waals surface area contributed by atoms with Crippen molar-refractivity contribution >= 4 is 29.1 Å². The Morgan fingerprint density at radius 1 is 1.17 bits per heavy atom. The van der Waals surface area contributed by atoms with Crippen LogP contribution in [0.5, 0.6) is 11.5 Å². The van der Waals surface area contributed by atoms with Gasteiger partial charge in [-0.3, -0.25) is 4.79 Å². The summed E-state index contributed by atoms with van der Waals surface area (Å²) >= 11 is 12.2. The van der Waals surface area contributed by atoms with E-state index in [-0.39, 0.29) is 5.91 Å². The largest absolute Gasteiger partial charge is 0.493 e. The van der Waals surface area contributed by atoms with Gasteiger partial charge >= 0.3 is 0 Å². The van der Waals surface area contributed by atoms with Crippen LogP contribution < -0.4 is 14.8 Å². The molecule has 0 aliphatic rings. The quantitative estimate of drug-likeness (QED) is 0.840. The summed E-state index contributed by atoms with van der Waals surface area (Å²) < 4.78 is 10.7. The number of carbonyl (C=O) groups excluding carboxylic acids is 1. The van der Waals surface area contributed by atoms with Gasteiger partial charge in [-0.2, -0.15) is 0 Å². The molecule has 0 spiro atoms. The molecule has 6 heteroatoms. The van der Waals surface area contributed by atoms with E-state index in [1.165, 1.54) is 7.11 Å². The van der Waals surface area contributed by atoms with Crippen molar-refractivity contribution in [1.29, 1.82) is 0 Å². The Morgan fingerprint density at radius 2 is 1.91 bits per heavy atom. The highest BCUT2D eigenvalue weighted by molar-refractivity contribution is 6.32. The third-order valence-corrected chi connectivity index (χ3v) is 3.83. The van der Waals surface area contributed by atoms with Gasteiger partial charge in [0.15, 0.2) is 11.5 Å². The summed E-state index contributed by atoms with van der Waals surface area (Å²) in [6.45, 7) is 2.62. The minimum atomic E-state index is -0.270. The first-order valence-electron chi connectivity index (χ1n) is 7.08. The van der Waals surface area contributed by atoms with E-state index < -0.39 is 0 Å². The van der Waals surface area contributed by atoms with Crippen molar-refractivity contribution in [2.24, 2.45) is 0 Å². The second-order valence-corrected chi connectivity index (χ2v) is 5.51. The maximum atomic E-state index is 12.3. The minimum Gasteiger partial charge on any atom is -0.493 e. The monoisotopic (exact) mass is 353 g/mol. The van der Waals surface area contributed by atoms with E-state index in [4.69, 9.17) is 32.7 Å². The fourth-order valence-electron chi connectivity index (χ4n) is 2.05. The molecule has 0 aromatic heterocycles. The highest BCUT2D eigenvalue weighted by atomic mass is 35.5. The molecular formula is C17H17Cl2NO3. The number of hydrogen-bond acceptors (Lipinski definition) is 3. The van der Waals surface area contributed by atoms with Crippen LogP contribution in [0, 0.1) is 0 Å². The topological polar surface area (TPSA) is 47.6 Å². The molecule has 2 aromatic carbocycles. The number of hydrogen-bond donors (Lipinski definition) is 1. The molecule has 0 bridgehead atoms. The molecule has 0 fully saturated rings. The van der Waals surface area contributed by atoms with Crippen LogP contribution in [0.2, 0.25) is 10.0 Å². The molecular weight excluding hydrogens is 337 g/mol. The number of benzene rings is 2. The van der Waals surface area contributed by atoms with Crippen LogP contribution in [0.25, 0.3) is 0 Å². The standard InChI is InChI=1S/C17H17Cl2NO3/c1-3-23-16-14(19)8-12(9-15(16)22-2)17(21)20-10-11-6-4-5-7-13(11)18/h4-9H,3,10H2,1-2H3,(H,20,21). The van der Waals surface area contributed by atoms with E-state index >= 15 is 0 Å². The molecule has 0 radical (unpaired) electrons. The van der Waals surface area contributed by atoms with Crippen molar-refractivity contribution in [3.8, 4) is 11.5 Å². The highest BCUT2D eigenvalue weighted by Crippen LogP contribution is 2.36. The number of amides is 1. The van der Waals surface area contributed by atoms with Gasteiger partial charge in [-0.25, -0.2) is 0 Å². The van der Waals surface area contributed by atoms with E-state index in [2.05, 4.69) is 5.32 Å². The van der Waals surface area contributed by atoms with Crippen molar-refractivity contribution in [2.75, 3.05) is 13.7 Å². The Morgan fingerprint density at radius 3 is 2.57 bits per heavy atom. The summed E-state index contributed by atoms with van der Waals surface area (Å²) in [7, 11) is 1.50. The molecule has 2 rings (SSSR count). The average Bonchev–Trinajstić information content (AvgIpc) is 2.55. The Hall–Kier alpha value is -1.91. The Kier molecular flexibility index (Phi) is 6.13. The third-order valence-electron chi connectivity index (χ3n) is 3.18. The summed E-state index contributed by atoms with van der Waals surface area (Å²) in [4.78, 5) is 12.3. The molecule has 0 saturated carbocycles. The maximum absolute atomic E-state index is 12.3. The summed E-state index contributed by atoms with van der Waals surface area (Å²) in [6.07, 6.45) is 0. The molecule has 0 atom stereocenters. The van der Waals surface area contributed by atoms with Crippen LogP contribution in [0.4, 0.5) is 0 Å². The van der Waals surface area contributed by atoms with Crippen molar-refractivity contribution in [1.82, 2.24) is 5.32 Å². The van der Waals surface area contributed by atoms with Crippen LogP contribution in [0.1, 0.15) is 22.8 Å². The molecule has 0 aliphatic carbocycles. The zero-order valence-electron chi connectivity index (χ0n) is 12.9. The highest BCUT2D eigenvalue weighted by Gasteiger charge is 2.15. The molecule has 0 saturated heterocycles. The van der Waals surface area contributed by atoms with Gasteiger partial charge in [0, 0.05) is 17.1 Å². The van der Waals surface area contributed by atoms with Gasteiger partial charge in [0.05, 0.1) is 18.7 Å². The lowest BCUT2D eigenvalue weighted by molar-refractivity contribution is 0.0950. The third kappa shape index (κ3) is 4.30. The van der Waals surface area contributed by atoms with E-state index in [1.54, 1.807) is 18.2 Å². The van der Waals surface area contributed by atoms with Crippen LogP contribution >= 0.6 is 23.2 Å². The SMILES string of the molecule is CCOc1c(Cl)cc(C(=O)NCc2ccccc2Cl)cc1OC. The van der Waals surface area contributed by atoms with E-state index in [0.717, 1.165) is 5.56 Å². The van der Waals surface area contributed by atoms with Crippen molar-refractivity contribution in [2.45, 2.75) is 13.5 Å². The lowest BCUT2D eigenvalue weighted by Crippen LogP contribution is -2.23. The number of ether oxygens (including phenoxy) is 2. The number of methoxy groups -OCH3 is 1. The number of nitrogens with one attached hydrogen (secondary N) is 1. The van der Waals surface area contributed by atoms with Crippen LogP contribution in [-0.2, 0) is 6.54 Å². The average molecular weight is 354 g/mol. The van der Waals surface area contributed by atoms with E-state index in [9.17, 15) is 4.79 Å². The van der Waals surface area contributed by atoms with Crippen molar-refractivity contribution in [3.63, 3.8) is 0 Å². The zero-order valence-corrected chi connectivity index (χ0v) is 14.4. The van der Waals surface area contributed by atoms with Crippen LogP contribution in [0.15, 0.2) is 36.4 Å². The molecule has 0 heterocycles. The smallest absolute Gasteiger partial charge is 0.251 e. The fraction of sp³-hybridized carbons (Fsp3) is 0.235. The lowest BCUT2D eigenvalue weighted by Gasteiger charge is -2.13. The fourth-order valence-corrected chi connectivity index (χ4v) is 2.52. The number of carbonyl (C=O) groups is 1. The van der Waals surface area contributed by atoms with Gasteiger partial charge in [-0.1, -0.05) is 41.4 Å². The predicted octanol–water partition coefficient (Wildman–Crippen LogP) is 4.33. The Balaban J connectivity index is 2.16. The zero-order chi connectivity index (χ0) is 16.8. The Bertz CT molecular complexity index is 704. The number of halogens is 2. The van der Waals surface area contributed by atoms with Crippen molar-refractivity contribution < 1.29 is 14.3 Å². The molecule has 0 aliphatic heterocycles. The predicted molar refractivity (Wildman–Crippen MR) is 91.8 cm³/mol. The first kappa shape index (κ1) is 17.4. The molecule has 23 heavy (non-hydrogen) atoms. The van der Waals surface area contributed by atoms with Gasteiger partial charge in [0.1, 0.15) is 0 Å². The van der Waals surface area contributed by atoms with Gasteiger partial charge in [0.2, 0.25) is 0 Å². The first-order chi connectivity index (χ1) is 11.1. The van der Waals surface area contributed by atoms with Crippen LogP contribution in [-0.4, -0.2) is 19.6 Å². The van der Waals surface area contributed by atoms with Gasteiger partial charge in [-0.05, 0) is 30.7 Å². The van der Waals surface area contributed by atoms with Gasteiger partial charge in [0.25, 0.3) is 5.91 Å². The second-order valence-electron chi connectivity index (χ2n) is 4.70. The van der Waals surface area contributed by atoms with Gasteiger partial charge < -0.3 is 14.8 Å². The van der Waals surface area contributed by atoms with E-state index in [0.29, 0.717) is 40.3 Å². The van der Waals surface area contributed by atoms with E-state index in [1.807, 2.05) is 25.1 Å². The first-order valence-corrected chi connectivity index (χ1v) is 7.84. The molecule has 1 N–H and O–H groups in total. The second kappa shape index (κ2) is 8.09. The normalized spacial score (nSPS) is 10.3. The summed E-state index contributed by atoms with van der Waals surface area (Å²) in [6, 6.07) is 10.5. The number of rotatable bonds is 6. The molecule has 0 unspecified atom stereocenters. The molecule has 2 aromatic rings.